The lowest BCUT2D eigenvalue weighted by Crippen LogP contribution is -2.64. The average molecular weight is 755 g/mol. The van der Waals surface area contributed by atoms with Crippen molar-refractivity contribution in [3.05, 3.63) is 47.8 Å². The third-order valence-electron chi connectivity index (χ3n) is 7.00. The first kappa shape index (κ1) is 43.3. The molecule has 0 saturated carbocycles. The third-order valence-corrected chi connectivity index (χ3v) is 7.00. The van der Waals surface area contributed by atoms with E-state index in [4.69, 9.17) is 0 Å². The molecule has 0 bridgehead atoms. The summed E-state index contributed by atoms with van der Waals surface area (Å²) in [4.78, 5) is 8.81. The summed E-state index contributed by atoms with van der Waals surface area (Å²) in [5.41, 5.74) is 2.82. The van der Waals surface area contributed by atoms with Crippen LogP contribution in [-0.2, 0) is 27.1 Å². The van der Waals surface area contributed by atoms with Crippen LogP contribution in [0.1, 0.15) is 69.4 Å². The second-order valence-corrected chi connectivity index (χ2v) is 11.2. The number of halogens is 15. The molecule has 0 spiro atoms. The molecule has 0 saturated heterocycles. The Morgan fingerprint density at radius 3 is 1.58 bits per heavy atom. The molecule has 286 valence electrons. The van der Waals surface area contributed by atoms with Crippen LogP contribution in [0.5, 0.6) is 0 Å². The van der Waals surface area contributed by atoms with Gasteiger partial charge in [0.25, 0.3) is 0 Å². The first-order chi connectivity index (χ1) is 22.9. The number of alkyl halides is 15. The maximum atomic E-state index is 13.7. The van der Waals surface area contributed by atoms with Crippen LogP contribution in [0.15, 0.2) is 36.7 Å². The molecule has 0 atom stereocenters. The highest BCUT2D eigenvalue weighted by molar-refractivity contribution is 5.55. The van der Waals surface area contributed by atoms with E-state index in [9.17, 15) is 65.9 Å². The topological polar surface area (TPSA) is 53.5 Å². The molecular weight excluding hydrogens is 721 g/mol. The van der Waals surface area contributed by atoms with Gasteiger partial charge in [-0.15, -0.1) is 0 Å². The summed E-state index contributed by atoms with van der Waals surface area (Å²) in [5.74, 6) is -15.1. The molecule has 2 rings (SSSR count). The molecule has 50 heavy (non-hydrogen) atoms. The molecule has 1 heterocycles. The molecule has 1 aromatic heterocycles. The molecule has 0 aliphatic heterocycles. The number of unbranched alkanes of at least 4 members (excludes halogenated alkanes) is 6. The molecule has 0 unspecified atom stereocenters. The van der Waals surface area contributed by atoms with E-state index in [2.05, 4.69) is 26.4 Å². The zero-order valence-electron chi connectivity index (χ0n) is 26.2. The minimum absolute atomic E-state index is 0.0470. The van der Waals surface area contributed by atoms with Crippen molar-refractivity contribution in [1.29, 1.82) is 0 Å². The number of nitrogens with zero attached hydrogens (tertiary/aromatic N) is 2. The van der Waals surface area contributed by atoms with Crippen LogP contribution < -0.4 is 0 Å². The van der Waals surface area contributed by atoms with E-state index >= 15 is 0 Å². The van der Waals surface area contributed by atoms with Crippen molar-refractivity contribution >= 4 is 0 Å². The Balaban J connectivity index is 1.75. The summed E-state index contributed by atoms with van der Waals surface area (Å²) >= 11 is 0. The number of rotatable bonds is 22. The van der Waals surface area contributed by atoms with Crippen molar-refractivity contribution < 1.29 is 80.1 Å². The van der Waals surface area contributed by atoms with Gasteiger partial charge in [0.05, 0.1) is 0 Å². The average Bonchev–Trinajstić information content (AvgIpc) is 2.99. The van der Waals surface area contributed by atoms with Crippen LogP contribution in [0.3, 0.4) is 0 Å². The summed E-state index contributed by atoms with van der Waals surface area (Å²) in [6, 6.07) is 7.44. The van der Waals surface area contributed by atoms with Gasteiger partial charge in [-0.1, -0.05) is 63.3 Å². The Bertz CT molecular complexity index is 1310. The van der Waals surface area contributed by atoms with E-state index in [1.807, 2.05) is 24.3 Å². The fourth-order valence-electron chi connectivity index (χ4n) is 4.21. The molecule has 0 N–H and O–H groups in total. The smallest absolute Gasteiger partial charge is 0.372 e. The third kappa shape index (κ3) is 11.6. The highest BCUT2D eigenvalue weighted by Gasteiger charge is 2.85. The zero-order valence-corrected chi connectivity index (χ0v) is 26.2. The van der Waals surface area contributed by atoms with Crippen molar-refractivity contribution in [1.82, 2.24) is 9.97 Å². The van der Waals surface area contributed by atoms with Crippen LogP contribution in [0.4, 0.5) is 65.9 Å². The standard InChI is InChI=1S/C30H33F15N2O3/c1-2-3-4-7-11-21-17-46-23(47-18-21)22-14-12-20(13-15-22)10-8-5-6-9-16-48-19-24(31,32)49-29(42,43)30(44,45)50-28(40,41)26(35,36)25(33,34)27(37,38)39/h12-15,17-18H,2-11,16,19H2,1H3. The molecule has 0 fully saturated rings. The first-order valence-electron chi connectivity index (χ1n) is 15.1. The minimum atomic E-state index is -7.90. The quantitative estimate of drug-likeness (QED) is 0.0885. The maximum absolute atomic E-state index is 13.7. The van der Waals surface area contributed by atoms with Gasteiger partial charge in [-0.05, 0) is 43.2 Å². The molecular formula is C30H33F15N2O3. The molecule has 0 radical (unpaired) electrons. The predicted octanol–water partition coefficient (Wildman–Crippen LogP) is 10.6. The normalized spacial score (nSPS) is 14.0. The number of hydrogen-bond donors (Lipinski definition) is 0. The first-order valence-corrected chi connectivity index (χ1v) is 15.1. The fourth-order valence-corrected chi connectivity index (χ4v) is 4.21. The molecule has 20 heteroatoms. The lowest BCUT2D eigenvalue weighted by atomic mass is 10.0. The Labute approximate surface area is 276 Å². The summed E-state index contributed by atoms with van der Waals surface area (Å²) in [6.45, 7) is -0.635. The Morgan fingerprint density at radius 1 is 0.540 bits per heavy atom. The van der Waals surface area contributed by atoms with Crippen molar-refractivity contribution in [2.45, 2.75) is 114 Å². The second-order valence-electron chi connectivity index (χ2n) is 11.2. The fraction of sp³-hybridized carbons (Fsp3) is 0.667. The highest BCUT2D eigenvalue weighted by atomic mass is 19.4. The number of ether oxygens (including phenoxy) is 3. The van der Waals surface area contributed by atoms with E-state index in [1.54, 1.807) is 17.1 Å². The molecule has 1 aromatic carbocycles. The van der Waals surface area contributed by atoms with Crippen molar-refractivity contribution in [2.75, 3.05) is 13.2 Å². The van der Waals surface area contributed by atoms with Crippen molar-refractivity contribution in [2.24, 2.45) is 0 Å². The van der Waals surface area contributed by atoms with E-state index in [-0.39, 0.29) is 6.42 Å². The van der Waals surface area contributed by atoms with Crippen LogP contribution >= 0.6 is 0 Å². The van der Waals surface area contributed by atoms with E-state index < -0.39 is 55.7 Å². The largest absolute Gasteiger partial charge is 0.460 e. The van der Waals surface area contributed by atoms with E-state index in [0.29, 0.717) is 31.5 Å². The SMILES string of the molecule is CCCCCCc1cnc(-c2ccc(CCCCCCOCC(F)(F)OC(F)(F)C(F)(F)OC(F)(F)C(F)(F)C(F)(F)C(F)(F)F)cc2)nc1. The van der Waals surface area contributed by atoms with Crippen molar-refractivity contribution in [3.8, 4) is 11.4 Å². The van der Waals surface area contributed by atoms with Gasteiger partial charge < -0.3 is 4.74 Å². The summed E-state index contributed by atoms with van der Waals surface area (Å²) in [5, 5.41) is 0. The minimum Gasteiger partial charge on any atom is -0.372 e. The molecule has 5 nitrogen and oxygen atoms in total. The van der Waals surface area contributed by atoms with Gasteiger partial charge in [-0.3, -0.25) is 0 Å². The number of aromatic nitrogens is 2. The molecule has 0 aliphatic rings. The van der Waals surface area contributed by atoms with E-state index in [0.717, 1.165) is 42.4 Å². The van der Waals surface area contributed by atoms with Gasteiger partial charge in [-0.2, -0.15) is 65.9 Å². The van der Waals surface area contributed by atoms with E-state index in [1.165, 1.54) is 6.42 Å². The van der Waals surface area contributed by atoms with Gasteiger partial charge in [0.2, 0.25) is 0 Å². The number of benzene rings is 1. The highest BCUT2D eigenvalue weighted by Crippen LogP contribution is 2.56. The summed E-state index contributed by atoms with van der Waals surface area (Å²) < 4.78 is 204. The van der Waals surface area contributed by atoms with Crippen LogP contribution in [0.2, 0.25) is 0 Å². The van der Waals surface area contributed by atoms with Gasteiger partial charge in [-0.25, -0.2) is 19.4 Å². The molecule has 0 aliphatic carbocycles. The maximum Gasteiger partial charge on any atom is 0.460 e. The van der Waals surface area contributed by atoms with Gasteiger partial charge in [0.15, 0.2) is 5.82 Å². The van der Waals surface area contributed by atoms with Gasteiger partial charge in [0.1, 0.15) is 6.61 Å². The summed E-state index contributed by atoms with van der Waals surface area (Å²) in [7, 11) is 0. The van der Waals surface area contributed by atoms with Gasteiger partial charge in [0, 0.05) is 24.6 Å². The lowest BCUT2D eigenvalue weighted by molar-refractivity contribution is -0.543. The Kier molecular flexibility index (Phi) is 14.8. The zero-order chi connectivity index (χ0) is 38.1. The van der Waals surface area contributed by atoms with Crippen LogP contribution in [0.25, 0.3) is 11.4 Å². The number of hydrogen-bond acceptors (Lipinski definition) is 5. The second kappa shape index (κ2) is 17.1. The summed E-state index contributed by atoms with van der Waals surface area (Å²) in [6.07, 6.45) is -23.7. The monoisotopic (exact) mass is 754 g/mol. The predicted molar refractivity (Wildman–Crippen MR) is 146 cm³/mol. The van der Waals surface area contributed by atoms with Crippen molar-refractivity contribution in [3.63, 3.8) is 0 Å². The molecule has 0 amide bonds. The Morgan fingerprint density at radius 2 is 1.04 bits per heavy atom. The van der Waals surface area contributed by atoms with Crippen LogP contribution in [-0.4, -0.2) is 65.6 Å². The van der Waals surface area contributed by atoms with Gasteiger partial charge >= 0.3 is 42.5 Å². The number of aryl methyl sites for hydroxylation is 2. The molecule has 2 aromatic rings. The van der Waals surface area contributed by atoms with Crippen LogP contribution in [0, 0.1) is 0 Å². The Hall–Kier alpha value is -2.87. The lowest BCUT2D eigenvalue weighted by Gasteiger charge is -2.36.